The summed E-state index contributed by atoms with van der Waals surface area (Å²) >= 11 is 0. The van der Waals surface area contributed by atoms with Crippen molar-refractivity contribution in [3.63, 3.8) is 0 Å². The normalized spacial score (nSPS) is 11.4. The summed E-state index contributed by atoms with van der Waals surface area (Å²) in [6.07, 6.45) is -0.500. The van der Waals surface area contributed by atoms with E-state index in [4.69, 9.17) is 23.3 Å². The number of carboxylic acid groups (broad SMARTS) is 2. The second-order valence-corrected chi connectivity index (χ2v) is 3.06. The van der Waals surface area contributed by atoms with Crippen LogP contribution in [0.5, 0.6) is 0 Å². The molecule has 16 heavy (non-hydrogen) atoms. The molecule has 0 bridgehead atoms. The van der Waals surface area contributed by atoms with Gasteiger partial charge in [-0.3, -0.25) is 8.42 Å². The third-order valence-corrected chi connectivity index (χ3v) is 0.962. The Morgan fingerprint density at radius 2 is 1.50 bits per heavy atom. The Kier molecular flexibility index (Phi) is 12.3. The summed E-state index contributed by atoms with van der Waals surface area (Å²) < 4.78 is 34.1. The molecule has 0 saturated carbocycles. The minimum Gasteiger partial charge on any atom is -0.759 e. The SMILES string of the molecule is NC(CCC(=O)[O-])C(=O)[O-].O=S(=O)([O-])[O-].[Fe+2]. The molecule has 0 saturated heterocycles. The van der Waals surface area contributed by atoms with Gasteiger partial charge in [-0.15, -0.1) is 0 Å². The van der Waals surface area contributed by atoms with Crippen molar-refractivity contribution in [1.82, 2.24) is 0 Å². The summed E-state index contributed by atoms with van der Waals surface area (Å²) in [4.78, 5) is 19.6. The Hall–Kier alpha value is -0.711. The Morgan fingerprint density at radius 1 is 1.19 bits per heavy atom. The molecular weight excluding hydrogens is 290 g/mol. The third kappa shape index (κ3) is 29.2. The summed E-state index contributed by atoms with van der Waals surface area (Å²) in [6.45, 7) is 0. The van der Waals surface area contributed by atoms with E-state index in [1.807, 2.05) is 0 Å². The van der Waals surface area contributed by atoms with Gasteiger partial charge in [-0.2, -0.15) is 0 Å². The van der Waals surface area contributed by atoms with Crippen molar-refractivity contribution in [2.24, 2.45) is 5.73 Å². The summed E-state index contributed by atoms with van der Waals surface area (Å²) in [6, 6.07) is -1.21. The van der Waals surface area contributed by atoms with Crippen molar-refractivity contribution in [2.45, 2.75) is 18.9 Å². The van der Waals surface area contributed by atoms with Gasteiger partial charge in [0, 0.05) is 22.4 Å². The summed E-state index contributed by atoms with van der Waals surface area (Å²) in [5, 5.41) is 19.6. The maximum atomic E-state index is 9.86. The Balaban J connectivity index is -0.000000242. The predicted octanol–water partition coefficient (Wildman–Crippen LogP) is -4.75. The van der Waals surface area contributed by atoms with Gasteiger partial charge in [0.25, 0.3) is 0 Å². The second kappa shape index (κ2) is 9.51. The van der Waals surface area contributed by atoms with Crippen molar-refractivity contribution in [3.8, 4) is 0 Å². The van der Waals surface area contributed by atoms with Crippen LogP contribution in [0.25, 0.3) is 0 Å². The monoisotopic (exact) mass is 297 g/mol. The fraction of sp³-hybridized carbons (Fsp3) is 0.600. The molecule has 1 unspecified atom stereocenters. The van der Waals surface area contributed by atoms with Gasteiger partial charge in [0.1, 0.15) is 0 Å². The fourth-order valence-corrected chi connectivity index (χ4v) is 0.391. The van der Waals surface area contributed by atoms with Crippen LogP contribution >= 0.6 is 0 Å². The number of carbonyl (C=O) groups excluding carboxylic acids is 2. The molecule has 1 atom stereocenters. The van der Waals surface area contributed by atoms with Gasteiger partial charge in [-0.1, -0.05) is 0 Å². The first-order chi connectivity index (χ1) is 6.54. The van der Waals surface area contributed by atoms with Crippen LogP contribution in [0.1, 0.15) is 12.8 Å². The molecule has 11 heteroatoms. The van der Waals surface area contributed by atoms with Gasteiger partial charge in [-0.05, 0) is 12.8 Å². The standard InChI is InChI=1S/C5H9NO4.Fe.H2O4S/c6-3(5(9)10)1-2-4(7)8;;1-5(2,3)4/h3H,1-2,6H2,(H,7,8)(H,9,10);;(H2,1,2,3,4)/q;+2;/p-4. The molecule has 0 fully saturated rings. The molecule has 0 aromatic heterocycles. The van der Waals surface area contributed by atoms with E-state index in [0.717, 1.165) is 0 Å². The molecule has 0 aromatic carbocycles. The summed E-state index contributed by atoms with van der Waals surface area (Å²) in [5.41, 5.74) is 4.91. The topological polar surface area (TPSA) is 187 Å². The average molecular weight is 297 g/mol. The van der Waals surface area contributed by atoms with Crippen LogP contribution in [0.4, 0.5) is 0 Å². The number of rotatable bonds is 4. The van der Waals surface area contributed by atoms with Gasteiger partial charge in [-0.25, -0.2) is 0 Å². The van der Waals surface area contributed by atoms with Crippen molar-refractivity contribution >= 4 is 22.3 Å². The number of hydrogen-bond acceptors (Lipinski definition) is 9. The van der Waals surface area contributed by atoms with E-state index in [0.29, 0.717) is 0 Å². The molecule has 0 radical (unpaired) electrons. The Labute approximate surface area is 102 Å². The van der Waals surface area contributed by atoms with E-state index in [2.05, 4.69) is 0 Å². The van der Waals surface area contributed by atoms with Crippen LogP contribution in [-0.2, 0) is 37.1 Å². The number of carbonyl (C=O) groups is 2. The molecule has 0 spiro atoms. The zero-order chi connectivity index (χ0) is 12.6. The number of carboxylic acids is 2. The van der Waals surface area contributed by atoms with E-state index in [-0.39, 0.29) is 29.9 Å². The smallest absolute Gasteiger partial charge is 0.759 e. The molecule has 0 amide bonds. The summed E-state index contributed by atoms with van der Waals surface area (Å²) in [5.74, 6) is -2.75. The molecule has 9 nitrogen and oxygen atoms in total. The van der Waals surface area contributed by atoms with Crippen molar-refractivity contribution < 1.29 is 54.4 Å². The van der Waals surface area contributed by atoms with Crippen LogP contribution in [0.3, 0.4) is 0 Å². The van der Waals surface area contributed by atoms with E-state index in [9.17, 15) is 19.8 Å². The van der Waals surface area contributed by atoms with E-state index < -0.39 is 28.4 Å². The molecular formula is C5H7FeNO8S-2. The molecule has 0 aliphatic rings. The number of hydrogen-bond donors (Lipinski definition) is 1. The summed E-state index contributed by atoms with van der Waals surface area (Å²) in [7, 11) is -5.17. The first-order valence-corrected chi connectivity index (χ1v) is 4.70. The molecule has 0 aliphatic heterocycles. The van der Waals surface area contributed by atoms with E-state index >= 15 is 0 Å². The minimum atomic E-state index is -5.17. The largest absolute Gasteiger partial charge is 2.00 e. The average Bonchev–Trinajstić information content (AvgIpc) is 1.96. The van der Waals surface area contributed by atoms with Crippen molar-refractivity contribution in [1.29, 1.82) is 0 Å². The van der Waals surface area contributed by atoms with E-state index in [1.165, 1.54) is 0 Å². The van der Waals surface area contributed by atoms with Gasteiger partial charge < -0.3 is 34.6 Å². The molecule has 0 rings (SSSR count). The van der Waals surface area contributed by atoms with E-state index in [1.54, 1.807) is 0 Å². The Morgan fingerprint density at radius 3 is 1.69 bits per heavy atom. The zero-order valence-electron chi connectivity index (χ0n) is 7.60. The number of nitrogens with two attached hydrogens (primary N) is 1. The molecule has 96 valence electrons. The molecule has 2 N–H and O–H groups in total. The number of aliphatic carboxylic acids is 2. The fourth-order valence-electron chi connectivity index (χ4n) is 0.391. The van der Waals surface area contributed by atoms with Gasteiger partial charge >= 0.3 is 17.1 Å². The second-order valence-electron chi connectivity index (χ2n) is 2.24. The van der Waals surface area contributed by atoms with Crippen LogP contribution in [0.2, 0.25) is 0 Å². The zero-order valence-corrected chi connectivity index (χ0v) is 9.52. The van der Waals surface area contributed by atoms with Crippen molar-refractivity contribution in [2.75, 3.05) is 0 Å². The van der Waals surface area contributed by atoms with Gasteiger partial charge in [0.15, 0.2) is 0 Å². The van der Waals surface area contributed by atoms with Crippen LogP contribution < -0.4 is 15.9 Å². The molecule has 0 aromatic rings. The third-order valence-electron chi connectivity index (χ3n) is 0.962. The first-order valence-electron chi connectivity index (χ1n) is 3.37. The maximum Gasteiger partial charge on any atom is 2.00 e. The quantitative estimate of drug-likeness (QED) is 0.302. The maximum absolute atomic E-state index is 9.86. The Bertz CT molecular complexity index is 306. The van der Waals surface area contributed by atoms with Crippen molar-refractivity contribution in [3.05, 3.63) is 0 Å². The molecule has 0 aliphatic carbocycles. The predicted molar refractivity (Wildman–Crippen MR) is 37.7 cm³/mol. The van der Waals surface area contributed by atoms with Crippen LogP contribution in [0.15, 0.2) is 0 Å². The van der Waals surface area contributed by atoms with Crippen LogP contribution in [-0.4, -0.2) is 35.5 Å². The van der Waals surface area contributed by atoms with Gasteiger partial charge in [0.2, 0.25) is 0 Å². The first kappa shape index (κ1) is 20.7. The van der Waals surface area contributed by atoms with Crippen LogP contribution in [0, 0.1) is 0 Å². The molecule has 0 heterocycles. The van der Waals surface area contributed by atoms with Gasteiger partial charge in [0.05, 0.1) is 5.97 Å². The minimum absolute atomic E-state index is 0.